The number of para-hydroxylation sites is 7. The quantitative estimate of drug-likeness (QED) is 0.205. The van der Waals surface area contributed by atoms with Crippen LogP contribution in [0.15, 0.2) is 152 Å². The van der Waals surface area contributed by atoms with Gasteiger partial charge in [-0.05, 0) is 78.4 Å². The van der Waals surface area contributed by atoms with Crippen molar-refractivity contribution in [2.45, 2.75) is 0 Å². The van der Waals surface area contributed by atoms with E-state index in [9.17, 15) is 0 Å². The minimum atomic E-state index is 0.864. The molecule has 0 aliphatic rings. The topological polar surface area (TPSA) is 66.3 Å². The summed E-state index contributed by atoms with van der Waals surface area (Å²) in [5, 5.41) is 0. The zero-order valence-corrected chi connectivity index (χ0v) is 24.1. The van der Waals surface area contributed by atoms with Gasteiger partial charge in [0.05, 0.1) is 38.8 Å². The number of aromatic nitrogens is 7. The molecule has 0 saturated heterocycles. The Labute approximate surface area is 258 Å². The van der Waals surface area contributed by atoms with Crippen LogP contribution in [0.2, 0.25) is 0 Å². The smallest absolute Gasteiger partial charge is 0.145 e. The van der Waals surface area contributed by atoms with Gasteiger partial charge in [0.15, 0.2) is 0 Å². The van der Waals surface area contributed by atoms with Crippen LogP contribution in [0, 0.1) is 0 Å². The predicted molar refractivity (Wildman–Crippen MR) is 179 cm³/mol. The van der Waals surface area contributed by atoms with E-state index in [1.54, 1.807) is 0 Å². The van der Waals surface area contributed by atoms with Crippen LogP contribution in [0.5, 0.6) is 0 Å². The molecule has 0 aliphatic heterocycles. The monoisotopic (exact) mass is 579 g/mol. The first-order valence-corrected chi connectivity index (χ1v) is 14.8. The summed E-state index contributed by atoms with van der Waals surface area (Å²) in [7, 11) is 0. The van der Waals surface area contributed by atoms with E-state index in [2.05, 4.69) is 104 Å². The Morgan fingerprint density at radius 2 is 1.02 bits per heavy atom. The first-order chi connectivity index (χ1) is 22.3. The number of benzene rings is 5. The molecule has 9 aromatic rings. The fraction of sp³-hybridized carbons (Fsp3) is 0. The summed E-state index contributed by atoms with van der Waals surface area (Å²) in [6.07, 6.45) is 7.42. The van der Waals surface area contributed by atoms with Crippen LogP contribution in [0.4, 0.5) is 0 Å². The molecule has 5 aromatic carbocycles. The first-order valence-electron chi connectivity index (χ1n) is 14.8. The molecule has 0 saturated carbocycles. The van der Waals surface area contributed by atoms with E-state index < -0.39 is 0 Å². The molecule has 0 spiro atoms. The zero-order chi connectivity index (χ0) is 29.7. The maximum absolute atomic E-state index is 5.09. The van der Waals surface area contributed by atoms with Gasteiger partial charge in [-0.1, -0.05) is 54.6 Å². The van der Waals surface area contributed by atoms with Gasteiger partial charge in [0.2, 0.25) is 0 Å². The Balaban J connectivity index is 1.33. The van der Waals surface area contributed by atoms with E-state index in [4.69, 9.17) is 15.0 Å². The van der Waals surface area contributed by atoms with E-state index in [1.165, 1.54) is 0 Å². The molecule has 0 amide bonds. The van der Waals surface area contributed by atoms with Crippen LogP contribution in [0.25, 0.3) is 72.7 Å². The van der Waals surface area contributed by atoms with Gasteiger partial charge in [0.25, 0.3) is 0 Å². The molecule has 7 nitrogen and oxygen atoms in total. The number of fused-ring (bicyclic) bond motifs is 3. The van der Waals surface area contributed by atoms with Crippen molar-refractivity contribution in [1.82, 2.24) is 33.6 Å². The highest BCUT2D eigenvalue weighted by atomic mass is 15.1. The summed E-state index contributed by atoms with van der Waals surface area (Å²) in [6, 6.07) is 43.9. The molecule has 0 N–H and O–H groups in total. The second-order valence-corrected chi connectivity index (χ2v) is 11.0. The molecule has 4 aromatic heterocycles. The SMILES string of the molecule is c1ccc(-n2c(-c3ccncc3)nc3ccccc32)c(-c2cc(-n3cnc4ccccc43)cc(-n3cnc4ccccc43)c2)c1. The summed E-state index contributed by atoms with van der Waals surface area (Å²) < 4.78 is 6.56. The van der Waals surface area contributed by atoms with Gasteiger partial charge in [-0.25, -0.2) is 15.0 Å². The lowest BCUT2D eigenvalue weighted by Crippen LogP contribution is -2.02. The number of imidazole rings is 3. The van der Waals surface area contributed by atoms with E-state index in [-0.39, 0.29) is 0 Å². The molecule has 0 atom stereocenters. The molecular formula is C38H25N7. The lowest BCUT2D eigenvalue weighted by Gasteiger charge is -2.17. The van der Waals surface area contributed by atoms with Gasteiger partial charge >= 0.3 is 0 Å². The number of rotatable bonds is 5. The van der Waals surface area contributed by atoms with Crippen molar-refractivity contribution in [2.24, 2.45) is 0 Å². The van der Waals surface area contributed by atoms with Crippen LogP contribution in [-0.4, -0.2) is 33.6 Å². The standard InChI is InChI=1S/C38H25N7/c1-5-13-34(45-37-16-8-4-12-33(37)42-38(45)26-17-19-39-20-18-26)30(9-1)27-21-28(43-24-40-31-10-2-6-14-35(31)43)23-29(22-27)44-25-41-32-11-3-7-15-36(32)44/h1-25H. The van der Waals surface area contributed by atoms with Crippen molar-refractivity contribution >= 4 is 33.1 Å². The maximum atomic E-state index is 5.09. The summed E-state index contributed by atoms with van der Waals surface area (Å²) in [4.78, 5) is 18.7. The fourth-order valence-electron chi connectivity index (χ4n) is 6.24. The third-order valence-electron chi connectivity index (χ3n) is 8.32. The Bertz CT molecular complexity index is 2410. The molecule has 45 heavy (non-hydrogen) atoms. The predicted octanol–water partition coefficient (Wildman–Crippen LogP) is 8.43. The van der Waals surface area contributed by atoms with Gasteiger partial charge in [-0.15, -0.1) is 0 Å². The molecule has 9 rings (SSSR count). The molecular weight excluding hydrogens is 554 g/mol. The number of hydrogen-bond acceptors (Lipinski definition) is 4. The largest absolute Gasteiger partial charge is 0.299 e. The highest BCUT2D eigenvalue weighted by molar-refractivity contribution is 5.88. The van der Waals surface area contributed by atoms with Gasteiger partial charge in [-0.2, -0.15) is 0 Å². The molecule has 0 radical (unpaired) electrons. The lowest BCUT2D eigenvalue weighted by atomic mass is 10.0. The van der Waals surface area contributed by atoms with Crippen LogP contribution in [-0.2, 0) is 0 Å². The summed E-state index contributed by atoms with van der Waals surface area (Å²) >= 11 is 0. The van der Waals surface area contributed by atoms with Gasteiger partial charge in [0.1, 0.15) is 18.5 Å². The summed E-state index contributed by atoms with van der Waals surface area (Å²) in [5.41, 5.74) is 12.1. The van der Waals surface area contributed by atoms with Crippen molar-refractivity contribution in [3.05, 3.63) is 152 Å². The van der Waals surface area contributed by atoms with Crippen molar-refractivity contribution in [2.75, 3.05) is 0 Å². The Kier molecular flexibility index (Phi) is 5.67. The second kappa shape index (κ2) is 10.1. The highest BCUT2D eigenvalue weighted by Crippen LogP contribution is 2.36. The van der Waals surface area contributed by atoms with E-state index in [0.717, 1.165) is 72.7 Å². The Morgan fingerprint density at radius 1 is 0.467 bits per heavy atom. The van der Waals surface area contributed by atoms with Crippen molar-refractivity contribution < 1.29 is 0 Å². The first kappa shape index (κ1) is 25.2. The highest BCUT2D eigenvalue weighted by Gasteiger charge is 2.19. The van der Waals surface area contributed by atoms with Gasteiger partial charge < -0.3 is 0 Å². The Hall–Kier alpha value is -6.34. The van der Waals surface area contributed by atoms with E-state index in [0.29, 0.717) is 0 Å². The van der Waals surface area contributed by atoms with Crippen LogP contribution >= 0.6 is 0 Å². The van der Waals surface area contributed by atoms with Crippen molar-refractivity contribution in [3.8, 4) is 39.6 Å². The van der Waals surface area contributed by atoms with Crippen molar-refractivity contribution in [3.63, 3.8) is 0 Å². The normalized spacial score (nSPS) is 11.6. The van der Waals surface area contributed by atoms with Crippen LogP contribution < -0.4 is 0 Å². The fourth-order valence-corrected chi connectivity index (χ4v) is 6.24. The summed E-state index contributed by atoms with van der Waals surface area (Å²) in [5.74, 6) is 0.864. The number of pyridine rings is 1. The molecule has 0 bridgehead atoms. The third-order valence-corrected chi connectivity index (χ3v) is 8.32. The van der Waals surface area contributed by atoms with E-state index >= 15 is 0 Å². The Morgan fingerprint density at radius 3 is 1.69 bits per heavy atom. The molecule has 0 aliphatic carbocycles. The molecule has 212 valence electrons. The molecule has 0 fully saturated rings. The molecule has 7 heteroatoms. The maximum Gasteiger partial charge on any atom is 0.145 e. The van der Waals surface area contributed by atoms with Crippen LogP contribution in [0.1, 0.15) is 0 Å². The van der Waals surface area contributed by atoms with Crippen molar-refractivity contribution in [1.29, 1.82) is 0 Å². The van der Waals surface area contributed by atoms with Gasteiger partial charge in [-0.3, -0.25) is 18.7 Å². The number of hydrogen-bond donors (Lipinski definition) is 0. The zero-order valence-electron chi connectivity index (χ0n) is 24.1. The third kappa shape index (κ3) is 4.13. The van der Waals surface area contributed by atoms with E-state index in [1.807, 2.05) is 67.5 Å². The van der Waals surface area contributed by atoms with Gasteiger partial charge in [0, 0.05) is 34.9 Å². The lowest BCUT2D eigenvalue weighted by molar-refractivity contribution is 1.05. The molecule has 4 heterocycles. The average Bonchev–Trinajstić information content (AvgIpc) is 3.84. The molecule has 0 unspecified atom stereocenters. The minimum absolute atomic E-state index is 0.864. The second-order valence-electron chi connectivity index (χ2n) is 11.0. The van der Waals surface area contributed by atoms with Crippen LogP contribution in [0.3, 0.4) is 0 Å². The summed E-state index contributed by atoms with van der Waals surface area (Å²) in [6.45, 7) is 0. The average molecular weight is 580 g/mol. The minimum Gasteiger partial charge on any atom is -0.299 e. The number of nitrogens with zero attached hydrogens (tertiary/aromatic N) is 7.